The van der Waals surface area contributed by atoms with E-state index in [4.69, 9.17) is 0 Å². The van der Waals surface area contributed by atoms with E-state index in [9.17, 15) is 0 Å². The Morgan fingerprint density at radius 2 is 2.17 bits per heavy atom. The molecule has 0 spiro atoms. The van der Waals surface area contributed by atoms with Gasteiger partial charge in [-0.05, 0) is 6.92 Å². The first-order chi connectivity index (χ1) is 8.74. The standard InChI is InChI=1S/C11H14N6S/c1-4-13-11-15-7-8-6(14-5-17(8)3)9(12-2)16-10(7)18-11/h5H,4H2,1-3H3,(H,12,16)(H,13,15). The van der Waals surface area contributed by atoms with Crippen LogP contribution >= 0.6 is 11.3 Å². The molecule has 3 heterocycles. The number of aromatic nitrogens is 4. The fourth-order valence-electron chi connectivity index (χ4n) is 1.98. The third kappa shape index (κ3) is 1.51. The Kier molecular flexibility index (Phi) is 2.55. The van der Waals surface area contributed by atoms with Gasteiger partial charge in [-0.3, -0.25) is 0 Å². The zero-order chi connectivity index (χ0) is 12.7. The van der Waals surface area contributed by atoms with Gasteiger partial charge in [0.25, 0.3) is 0 Å². The van der Waals surface area contributed by atoms with Gasteiger partial charge in [-0.25, -0.2) is 15.0 Å². The van der Waals surface area contributed by atoms with Crippen molar-refractivity contribution in [3.8, 4) is 0 Å². The summed E-state index contributed by atoms with van der Waals surface area (Å²) < 4.78 is 1.98. The van der Waals surface area contributed by atoms with Gasteiger partial charge in [-0.1, -0.05) is 11.3 Å². The highest BCUT2D eigenvalue weighted by Gasteiger charge is 2.15. The van der Waals surface area contributed by atoms with E-state index in [1.54, 1.807) is 17.7 Å². The highest BCUT2D eigenvalue weighted by Crippen LogP contribution is 2.32. The number of thiazole rings is 1. The first-order valence-electron chi connectivity index (χ1n) is 5.77. The summed E-state index contributed by atoms with van der Waals surface area (Å²) in [6.45, 7) is 2.91. The molecule has 0 saturated carbocycles. The van der Waals surface area contributed by atoms with Crippen LogP contribution in [-0.2, 0) is 7.05 Å². The fourth-order valence-corrected chi connectivity index (χ4v) is 2.89. The first-order valence-corrected chi connectivity index (χ1v) is 6.59. The first kappa shape index (κ1) is 11.2. The van der Waals surface area contributed by atoms with Gasteiger partial charge in [0.15, 0.2) is 10.9 Å². The normalized spacial score (nSPS) is 11.3. The Bertz CT molecular complexity index is 713. The van der Waals surface area contributed by atoms with Crippen molar-refractivity contribution >= 4 is 43.7 Å². The Morgan fingerprint density at radius 3 is 2.89 bits per heavy atom. The molecule has 0 aliphatic rings. The predicted octanol–water partition coefficient (Wildman–Crippen LogP) is 2.05. The zero-order valence-corrected chi connectivity index (χ0v) is 11.3. The van der Waals surface area contributed by atoms with Crippen molar-refractivity contribution in [2.75, 3.05) is 24.2 Å². The van der Waals surface area contributed by atoms with E-state index < -0.39 is 0 Å². The van der Waals surface area contributed by atoms with Crippen LogP contribution in [0.25, 0.3) is 21.4 Å². The number of pyridine rings is 1. The van der Waals surface area contributed by atoms with Crippen LogP contribution in [0, 0.1) is 0 Å². The molecule has 0 fully saturated rings. The second-order valence-corrected chi connectivity index (χ2v) is 4.94. The molecule has 94 valence electrons. The molecule has 7 heteroatoms. The van der Waals surface area contributed by atoms with Crippen LogP contribution < -0.4 is 10.6 Å². The van der Waals surface area contributed by atoms with E-state index in [0.29, 0.717) is 0 Å². The molecular formula is C11H14N6S. The minimum atomic E-state index is 0.796. The van der Waals surface area contributed by atoms with Crippen molar-refractivity contribution in [3.05, 3.63) is 6.33 Å². The number of aryl methyl sites for hydroxylation is 1. The van der Waals surface area contributed by atoms with Crippen LogP contribution in [-0.4, -0.2) is 33.1 Å². The summed E-state index contributed by atoms with van der Waals surface area (Å²) >= 11 is 1.56. The van der Waals surface area contributed by atoms with Crippen molar-refractivity contribution < 1.29 is 0 Å². The molecule has 2 N–H and O–H groups in total. The molecule has 0 amide bonds. The molecule has 0 radical (unpaired) electrons. The van der Waals surface area contributed by atoms with Crippen molar-refractivity contribution in [3.63, 3.8) is 0 Å². The van der Waals surface area contributed by atoms with Crippen LogP contribution in [0.3, 0.4) is 0 Å². The summed E-state index contributed by atoms with van der Waals surface area (Å²) in [5.41, 5.74) is 2.79. The summed E-state index contributed by atoms with van der Waals surface area (Å²) in [4.78, 5) is 14.5. The van der Waals surface area contributed by atoms with Crippen LogP contribution in [0.15, 0.2) is 6.33 Å². The van der Waals surface area contributed by atoms with Crippen LogP contribution in [0.5, 0.6) is 0 Å². The Balaban J connectivity index is 2.38. The average molecular weight is 262 g/mol. The van der Waals surface area contributed by atoms with Gasteiger partial charge in [0.1, 0.15) is 21.4 Å². The molecule has 0 bridgehead atoms. The minimum Gasteiger partial charge on any atom is -0.371 e. The molecule has 0 unspecified atom stereocenters. The highest BCUT2D eigenvalue weighted by atomic mass is 32.1. The molecule has 0 aromatic carbocycles. The van der Waals surface area contributed by atoms with E-state index in [1.807, 2.05) is 18.7 Å². The number of nitrogens with zero attached hydrogens (tertiary/aromatic N) is 4. The van der Waals surface area contributed by atoms with Gasteiger partial charge in [0, 0.05) is 20.6 Å². The molecule has 3 aromatic rings. The number of imidazole rings is 1. The lowest BCUT2D eigenvalue weighted by Gasteiger charge is -2.01. The summed E-state index contributed by atoms with van der Waals surface area (Å²) in [5.74, 6) is 0.796. The second-order valence-electron chi connectivity index (χ2n) is 3.97. The molecule has 3 aromatic heterocycles. The van der Waals surface area contributed by atoms with Gasteiger partial charge in [0.2, 0.25) is 0 Å². The molecule has 18 heavy (non-hydrogen) atoms. The number of hydrogen-bond acceptors (Lipinski definition) is 6. The Hall–Kier alpha value is -1.89. The van der Waals surface area contributed by atoms with Crippen LogP contribution in [0.4, 0.5) is 10.9 Å². The van der Waals surface area contributed by atoms with Gasteiger partial charge < -0.3 is 15.2 Å². The van der Waals surface area contributed by atoms with E-state index in [2.05, 4.69) is 32.5 Å². The van der Waals surface area contributed by atoms with Gasteiger partial charge in [-0.2, -0.15) is 0 Å². The Labute approximate surface area is 108 Å². The molecule has 6 nitrogen and oxygen atoms in total. The molecular weight excluding hydrogens is 248 g/mol. The largest absolute Gasteiger partial charge is 0.371 e. The zero-order valence-electron chi connectivity index (χ0n) is 10.5. The topological polar surface area (TPSA) is 67.7 Å². The van der Waals surface area contributed by atoms with E-state index in [-0.39, 0.29) is 0 Å². The van der Waals surface area contributed by atoms with Crippen LogP contribution in [0.1, 0.15) is 6.92 Å². The van der Waals surface area contributed by atoms with Crippen LogP contribution in [0.2, 0.25) is 0 Å². The van der Waals surface area contributed by atoms with Gasteiger partial charge >= 0.3 is 0 Å². The third-order valence-corrected chi connectivity index (χ3v) is 3.68. The quantitative estimate of drug-likeness (QED) is 0.756. The summed E-state index contributed by atoms with van der Waals surface area (Å²) in [5, 5.41) is 7.22. The number of nitrogens with one attached hydrogen (secondary N) is 2. The minimum absolute atomic E-state index is 0.796. The van der Waals surface area contributed by atoms with Crippen molar-refractivity contribution in [2.45, 2.75) is 6.92 Å². The van der Waals surface area contributed by atoms with Gasteiger partial charge in [-0.15, -0.1) is 0 Å². The maximum absolute atomic E-state index is 4.60. The van der Waals surface area contributed by atoms with E-state index in [1.165, 1.54) is 0 Å². The molecule has 0 atom stereocenters. The average Bonchev–Trinajstić information content (AvgIpc) is 2.92. The van der Waals surface area contributed by atoms with Crippen molar-refractivity contribution in [2.24, 2.45) is 7.05 Å². The summed E-state index contributed by atoms with van der Waals surface area (Å²) in [6.07, 6.45) is 1.79. The van der Waals surface area contributed by atoms with E-state index >= 15 is 0 Å². The summed E-state index contributed by atoms with van der Waals surface area (Å²) in [6, 6.07) is 0. The monoisotopic (exact) mass is 262 g/mol. The van der Waals surface area contributed by atoms with Crippen molar-refractivity contribution in [1.82, 2.24) is 19.5 Å². The Morgan fingerprint density at radius 1 is 1.33 bits per heavy atom. The maximum Gasteiger partial charge on any atom is 0.185 e. The smallest absolute Gasteiger partial charge is 0.185 e. The van der Waals surface area contributed by atoms with Crippen molar-refractivity contribution in [1.29, 1.82) is 0 Å². The van der Waals surface area contributed by atoms with Gasteiger partial charge in [0.05, 0.1) is 6.33 Å². The predicted molar refractivity (Wildman–Crippen MR) is 75.4 cm³/mol. The maximum atomic E-state index is 4.60. The SMILES string of the molecule is CCNc1nc2c(nc(NC)c3ncn(C)c32)s1. The number of rotatable bonds is 3. The summed E-state index contributed by atoms with van der Waals surface area (Å²) in [7, 11) is 3.83. The number of fused-ring (bicyclic) bond motifs is 3. The number of anilines is 2. The van der Waals surface area contributed by atoms with E-state index in [0.717, 1.165) is 38.9 Å². The molecule has 0 aliphatic heterocycles. The molecule has 0 aliphatic carbocycles. The highest BCUT2D eigenvalue weighted by molar-refractivity contribution is 7.21. The fraction of sp³-hybridized carbons (Fsp3) is 0.364. The lowest BCUT2D eigenvalue weighted by atomic mass is 10.3. The lowest BCUT2D eigenvalue weighted by molar-refractivity contribution is 0.949. The molecule has 3 rings (SSSR count). The second kappa shape index (κ2) is 4.09. The third-order valence-electron chi connectivity index (χ3n) is 2.77. The lowest BCUT2D eigenvalue weighted by Crippen LogP contribution is -1.96. The molecule has 0 saturated heterocycles. The number of hydrogen-bond donors (Lipinski definition) is 2.